The van der Waals surface area contributed by atoms with Crippen molar-refractivity contribution in [3.63, 3.8) is 0 Å². The molecule has 0 bridgehead atoms. The van der Waals surface area contributed by atoms with E-state index >= 15 is 0 Å². The Hall–Kier alpha value is -2.37. The maximum Gasteiger partial charge on any atom is 0.326 e. The molecular formula is C21H28N2O4. The Morgan fingerprint density at radius 3 is 2.59 bits per heavy atom. The first-order valence-electron chi connectivity index (χ1n) is 9.72. The largest absolute Gasteiger partial charge is 0.459 e. The number of carbonyl (C=O) groups excluding carboxylic acids is 3. The number of nitrogens with zero attached hydrogens (tertiary/aromatic N) is 1. The summed E-state index contributed by atoms with van der Waals surface area (Å²) in [5, 5.41) is 2.84. The van der Waals surface area contributed by atoms with Crippen molar-refractivity contribution in [3.8, 4) is 0 Å². The molecule has 2 fully saturated rings. The molecule has 1 aromatic carbocycles. The summed E-state index contributed by atoms with van der Waals surface area (Å²) < 4.78 is 5.28. The van der Waals surface area contributed by atoms with Crippen LogP contribution in [-0.2, 0) is 20.9 Å². The maximum atomic E-state index is 12.8. The fourth-order valence-corrected chi connectivity index (χ4v) is 3.98. The Kier molecular flexibility index (Phi) is 5.53. The quantitative estimate of drug-likeness (QED) is 0.635. The minimum atomic E-state index is -0.845. The van der Waals surface area contributed by atoms with Gasteiger partial charge in [-0.3, -0.25) is 14.5 Å². The molecule has 1 N–H and O–H groups in total. The van der Waals surface area contributed by atoms with Crippen LogP contribution < -0.4 is 5.32 Å². The molecule has 1 spiro atoms. The van der Waals surface area contributed by atoms with Crippen molar-refractivity contribution >= 4 is 17.9 Å². The lowest BCUT2D eigenvalue weighted by Crippen LogP contribution is -2.54. The van der Waals surface area contributed by atoms with Crippen molar-refractivity contribution in [2.75, 3.05) is 6.54 Å². The smallest absolute Gasteiger partial charge is 0.326 e. The molecule has 1 saturated heterocycles. The molecule has 146 valence electrons. The van der Waals surface area contributed by atoms with Crippen LogP contribution in [0.4, 0.5) is 4.79 Å². The summed E-state index contributed by atoms with van der Waals surface area (Å²) in [4.78, 5) is 38.4. The van der Waals surface area contributed by atoms with Crippen LogP contribution in [0, 0.1) is 5.92 Å². The van der Waals surface area contributed by atoms with Crippen molar-refractivity contribution < 1.29 is 19.1 Å². The highest BCUT2D eigenvalue weighted by Gasteiger charge is 2.55. The first kappa shape index (κ1) is 19.4. The van der Waals surface area contributed by atoms with Gasteiger partial charge in [-0.2, -0.15) is 0 Å². The minimum Gasteiger partial charge on any atom is -0.459 e. The van der Waals surface area contributed by atoms with E-state index < -0.39 is 17.5 Å². The van der Waals surface area contributed by atoms with Crippen molar-refractivity contribution in [2.24, 2.45) is 5.92 Å². The molecule has 3 amide bonds. The van der Waals surface area contributed by atoms with Gasteiger partial charge in [-0.05, 0) is 35.8 Å². The van der Waals surface area contributed by atoms with E-state index in [1.54, 1.807) is 0 Å². The molecule has 3 rings (SSSR count). The summed E-state index contributed by atoms with van der Waals surface area (Å²) >= 11 is 0. The Balaban J connectivity index is 1.57. The van der Waals surface area contributed by atoms with Gasteiger partial charge in [0.15, 0.2) is 0 Å². The summed E-state index contributed by atoms with van der Waals surface area (Å²) in [6.45, 7) is 6.01. The lowest BCUT2D eigenvalue weighted by atomic mass is 9.73. The minimum absolute atomic E-state index is 0.0724. The molecule has 1 aromatic rings. The van der Waals surface area contributed by atoms with Gasteiger partial charge in [0.05, 0.1) is 0 Å². The number of urea groups is 1. The second-order valence-electron chi connectivity index (χ2n) is 8.00. The Morgan fingerprint density at radius 2 is 1.96 bits per heavy atom. The third-order valence-electron chi connectivity index (χ3n) is 5.83. The Bertz CT molecular complexity index is 728. The molecule has 2 atom stereocenters. The molecule has 1 saturated carbocycles. The van der Waals surface area contributed by atoms with Crippen LogP contribution >= 0.6 is 0 Å². The summed E-state index contributed by atoms with van der Waals surface area (Å²) in [5.74, 6) is -0.358. The van der Waals surface area contributed by atoms with Crippen LogP contribution in [0.5, 0.6) is 0 Å². The number of carbonyl (C=O) groups is 3. The molecule has 1 heterocycles. The van der Waals surface area contributed by atoms with Crippen LogP contribution in [0.2, 0.25) is 0 Å². The van der Waals surface area contributed by atoms with Crippen LogP contribution in [0.1, 0.15) is 63.5 Å². The van der Waals surface area contributed by atoms with Gasteiger partial charge in [0.1, 0.15) is 18.7 Å². The Morgan fingerprint density at radius 1 is 1.26 bits per heavy atom. The lowest BCUT2D eigenvalue weighted by molar-refractivity contribution is -0.149. The molecule has 0 radical (unpaired) electrons. The van der Waals surface area contributed by atoms with Crippen LogP contribution in [0.25, 0.3) is 0 Å². The molecule has 0 aromatic heterocycles. The molecule has 6 nitrogen and oxygen atoms in total. The van der Waals surface area contributed by atoms with E-state index in [9.17, 15) is 14.4 Å². The lowest BCUT2D eigenvalue weighted by Gasteiger charge is -2.36. The average molecular weight is 372 g/mol. The predicted molar refractivity (Wildman–Crippen MR) is 101 cm³/mol. The number of rotatable bonds is 5. The average Bonchev–Trinajstić information content (AvgIpc) is 2.88. The highest BCUT2D eigenvalue weighted by atomic mass is 16.5. The van der Waals surface area contributed by atoms with Gasteiger partial charge in [-0.1, -0.05) is 57.9 Å². The van der Waals surface area contributed by atoms with E-state index in [4.69, 9.17) is 4.74 Å². The fraction of sp³-hybridized carbons (Fsp3) is 0.571. The molecule has 27 heavy (non-hydrogen) atoms. The van der Waals surface area contributed by atoms with Crippen molar-refractivity contribution in [3.05, 3.63) is 35.4 Å². The third kappa shape index (κ3) is 3.84. The fourth-order valence-electron chi connectivity index (χ4n) is 3.98. The van der Waals surface area contributed by atoms with Gasteiger partial charge in [0.25, 0.3) is 5.91 Å². The van der Waals surface area contributed by atoms with E-state index in [1.165, 1.54) is 5.56 Å². The highest BCUT2D eigenvalue weighted by molar-refractivity contribution is 6.08. The van der Waals surface area contributed by atoms with E-state index in [-0.39, 0.29) is 25.0 Å². The second-order valence-corrected chi connectivity index (χ2v) is 8.00. The second kappa shape index (κ2) is 7.71. The van der Waals surface area contributed by atoms with E-state index in [0.717, 1.165) is 29.7 Å². The molecule has 0 unspecified atom stereocenters. The van der Waals surface area contributed by atoms with Crippen LogP contribution in [0.3, 0.4) is 0 Å². The normalized spacial score (nSPS) is 25.2. The van der Waals surface area contributed by atoms with E-state index in [2.05, 4.69) is 19.2 Å². The van der Waals surface area contributed by atoms with E-state index in [1.807, 2.05) is 31.2 Å². The zero-order valence-electron chi connectivity index (χ0n) is 16.3. The van der Waals surface area contributed by atoms with Gasteiger partial charge < -0.3 is 10.1 Å². The van der Waals surface area contributed by atoms with Gasteiger partial charge >= 0.3 is 12.0 Å². The summed E-state index contributed by atoms with van der Waals surface area (Å²) in [5.41, 5.74) is 1.25. The molecular weight excluding hydrogens is 344 g/mol. The standard InChI is InChI=1S/C21H28N2O4/c1-14(2)17-9-7-16(8-10-17)13-27-18(24)12-23-19(25)21(22-20(23)26)11-5-4-6-15(21)3/h7-10,14-15H,4-6,11-13H2,1-3H3,(H,22,26)/t15-,21+/m1/s1. The summed E-state index contributed by atoms with van der Waals surface area (Å²) in [7, 11) is 0. The first-order valence-corrected chi connectivity index (χ1v) is 9.72. The number of imide groups is 1. The van der Waals surface area contributed by atoms with Gasteiger partial charge in [0.2, 0.25) is 0 Å². The van der Waals surface area contributed by atoms with Crippen molar-refractivity contribution in [2.45, 2.75) is 64.5 Å². The van der Waals surface area contributed by atoms with Crippen molar-refractivity contribution in [1.29, 1.82) is 0 Å². The topological polar surface area (TPSA) is 75.7 Å². The van der Waals surface area contributed by atoms with Gasteiger partial charge in [-0.15, -0.1) is 0 Å². The van der Waals surface area contributed by atoms with Crippen LogP contribution in [0.15, 0.2) is 24.3 Å². The number of esters is 1. The molecule has 2 aliphatic rings. The molecule has 1 aliphatic heterocycles. The highest BCUT2D eigenvalue weighted by Crippen LogP contribution is 2.38. The number of hydrogen-bond acceptors (Lipinski definition) is 4. The van der Waals surface area contributed by atoms with E-state index in [0.29, 0.717) is 12.3 Å². The number of benzene rings is 1. The number of amides is 3. The number of ether oxygens (including phenoxy) is 1. The summed E-state index contributed by atoms with van der Waals surface area (Å²) in [6.07, 6.45) is 3.49. The van der Waals surface area contributed by atoms with Gasteiger partial charge in [-0.25, -0.2) is 4.79 Å². The molecule has 1 aliphatic carbocycles. The third-order valence-corrected chi connectivity index (χ3v) is 5.83. The monoisotopic (exact) mass is 372 g/mol. The number of hydrogen-bond donors (Lipinski definition) is 1. The molecule has 6 heteroatoms. The zero-order valence-corrected chi connectivity index (χ0v) is 16.3. The first-order chi connectivity index (χ1) is 12.8. The zero-order chi connectivity index (χ0) is 19.6. The van der Waals surface area contributed by atoms with Crippen molar-refractivity contribution in [1.82, 2.24) is 10.2 Å². The number of nitrogens with one attached hydrogen (secondary N) is 1. The summed E-state index contributed by atoms with van der Waals surface area (Å²) in [6, 6.07) is 7.38. The van der Waals surface area contributed by atoms with Gasteiger partial charge in [0, 0.05) is 0 Å². The SMILES string of the molecule is CC(C)c1ccc(COC(=O)CN2C(=O)N[C@]3(CCCC[C@H]3C)C2=O)cc1. The maximum absolute atomic E-state index is 12.8. The van der Waals surface area contributed by atoms with Crippen LogP contribution in [-0.4, -0.2) is 34.9 Å². The predicted octanol–water partition coefficient (Wildman–Crippen LogP) is 3.35. The Labute approximate surface area is 160 Å².